The van der Waals surface area contributed by atoms with Crippen LogP contribution in [-0.2, 0) is 0 Å². The summed E-state index contributed by atoms with van der Waals surface area (Å²) in [6.45, 7) is 17.5. The molecule has 0 saturated carbocycles. The minimum atomic E-state index is 0.631. The van der Waals surface area contributed by atoms with Gasteiger partial charge in [0.25, 0.3) is 0 Å². The van der Waals surface area contributed by atoms with Gasteiger partial charge in [-0.25, -0.2) is 0 Å². The van der Waals surface area contributed by atoms with Gasteiger partial charge in [-0.05, 0) is 98.2 Å². The first-order valence-electron chi connectivity index (χ1n) is 34.0. The summed E-state index contributed by atoms with van der Waals surface area (Å²) in [6.07, 6.45) is 47.4. The highest BCUT2D eigenvalue weighted by molar-refractivity contribution is 5.89. The summed E-state index contributed by atoms with van der Waals surface area (Å²) in [6, 6.07) is 25.2. The van der Waals surface area contributed by atoms with E-state index in [9.17, 15) is 0 Å². The van der Waals surface area contributed by atoms with Crippen molar-refractivity contribution in [1.82, 2.24) is 0 Å². The van der Waals surface area contributed by atoms with E-state index in [1.54, 1.807) is 0 Å². The standard InChI is InChI=1S/C74H116N2O6/c1-7-13-19-25-31-37-55-77-69-53-47-65(71(79-57-39-33-27-21-15-9-3)73(69)81-59-41-35-29-23-17-11-5)61-75-67-49-43-63(44-50-67)64-45-51-68(52-46-64)76-62-66-48-54-70(78-56-38-32-26-20-14-8-2)74(82-60-42-36-30-24-18-12-6)72(66)80-58-40-34-28-22-16-10-4/h43-54,61-62H,7-42,55-60H2,1-6H3. The van der Waals surface area contributed by atoms with Crippen LogP contribution in [-0.4, -0.2) is 52.1 Å². The van der Waals surface area contributed by atoms with Crippen molar-refractivity contribution in [2.45, 2.75) is 273 Å². The molecular weight excluding hydrogens is 1010 g/mol. The van der Waals surface area contributed by atoms with Crippen molar-refractivity contribution >= 4 is 23.8 Å². The van der Waals surface area contributed by atoms with Crippen LogP contribution < -0.4 is 28.4 Å². The third-order valence-corrected chi connectivity index (χ3v) is 15.5. The summed E-state index contributed by atoms with van der Waals surface area (Å²) in [7, 11) is 0. The van der Waals surface area contributed by atoms with Gasteiger partial charge in [0.1, 0.15) is 0 Å². The summed E-state index contributed by atoms with van der Waals surface area (Å²) < 4.78 is 39.7. The van der Waals surface area contributed by atoms with Crippen LogP contribution in [0.15, 0.2) is 82.8 Å². The van der Waals surface area contributed by atoms with Gasteiger partial charge in [0, 0.05) is 23.6 Å². The molecular formula is C74H116N2O6. The van der Waals surface area contributed by atoms with Crippen molar-refractivity contribution in [2.75, 3.05) is 39.6 Å². The van der Waals surface area contributed by atoms with Gasteiger partial charge in [-0.1, -0.05) is 258 Å². The molecule has 0 atom stereocenters. The fraction of sp³-hybridized carbons (Fsp3) is 0.649. The average molecular weight is 1130 g/mol. The Morgan fingerprint density at radius 1 is 0.244 bits per heavy atom. The number of benzene rings is 4. The van der Waals surface area contributed by atoms with Crippen LogP contribution in [0.3, 0.4) is 0 Å². The van der Waals surface area contributed by atoms with Crippen LogP contribution in [0.5, 0.6) is 34.5 Å². The van der Waals surface area contributed by atoms with E-state index in [-0.39, 0.29) is 0 Å². The zero-order valence-electron chi connectivity index (χ0n) is 53.1. The molecule has 4 rings (SSSR count). The summed E-state index contributed by atoms with van der Waals surface area (Å²) in [4.78, 5) is 10.0. The summed E-state index contributed by atoms with van der Waals surface area (Å²) in [5, 5.41) is 0. The second-order valence-electron chi connectivity index (χ2n) is 22.9. The van der Waals surface area contributed by atoms with Gasteiger partial charge in [-0.2, -0.15) is 0 Å². The van der Waals surface area contributed by atoms with Crippen molar-refractivity contribution in [3.8, 4) is 45.6 Å². The maximum atomic E-state index is 6.70. The van der Waals surface area contributed by atoms with Crippen molar-refractivity contribution < 1.29 is 28.4 Å². The predicted molar refractivity (Wildman–Crippen MR) is 352 cm³/mol. The Hall–Kier alpha value is -4.98. The Bertz CT molecular complexity index is 2060. The van der Waals surface area contributed by atoms with Crippen molar-refractivity contribution in [3.05, 3.63) is 83.9 Å². The lowest BCUT2D eigenvalue weighted by molar-refractivity contribution is 0.234. The molecule has 4 aromatic carbocycles. The fourth-order valence-electron chi connectivity index (χ4n) is 10.2. The van der Waals surface area contributed by atoms with Crippen molar-refractivity contribution in [1.29, 1.82) is 0 Å². The van der Waals surface area contributed by atoms with Crippen LogP contribution in [0.1, 0.15) is 284 Å². The smallest absolute Gasteiger partial charge is 0.204 e. The first kappa shape index (κ1) is 69.5. The predicted octanol–water partition coefficient (Wildman–Crippen LogP) is 23.3. The maximum Gasteiger partial charge on any atom is 0.204 e. The minimum Gasteiger partial charge on any atom is -0.490 e. The molecule has 458 valence electrons. The number of nitrogens with zero attached hydrogens (tertiary/aromatic N) is 2. The summed E-state index contributed by atoms with van der Waals surface area (Å²) in [5.41, 5.74) is 5.77. The van der Waals surface area contributed by atoms with Crippen LogP contribution in [0.4, 0.5) is 11.4 Å². The van der Waals surface area contributed by atoms with Crippen LogP contribution in [0, 0.1) is 0 Å². The second-order valence-corrected chi connectivity index (χ2v) is 22.9. The molecule has 0 aliphatic heterocycles. The first-order chi connectivity index (χ1) is 40.6. The van der Waals surface area contributed by atoms with Crippen molar-refractivity contribution in [3.63, 3.8) is 0 Å². The average Bonchev–Trinajstić information content (AvgIpc) is 3.64. The molecule has 8 heteroatoms. The Morgan fingerprint density at radius 2 is 0.476 bits per heavy atom. The van der Waals surface area contributed by atoms with Gasteiger partial charge >= 0.3 is 0 Å². The molecule has 0 saturated heterocycles. The van der Waals surface area contributed by atoms with Gasteiger partial charge in [0.15, 0.2) is 23.0 Å². The molecule has 82 heavy (non-hydrogen) atoms. The minimum absolute atomic E-state index is 0.631. The van der Waals surface area contributed by atoms with E-state index in [1.165, 1.54) is 167 Å². The molecule has 0 aliphatic carbocycles. The number of ether oxygens (including phenoxy) is 6. The third-order valence-electron chi connectivity index (χ3n) is 15.5. The third kappa shape index (κ3) is 30.0. The fourth-order valence-corrected chi connectivity index (χ4v) is 10.2. The molecule has 0 bridgehead atoms. The van der Waals surface area contributed by atoms with Gasteiger partial charge in [0.05, 0.1) is 51.0 Å². The number of hydrogen-bond donors (Lipinski definition) is 0. The molecule has 0 aliphatic rings. The highest BCUT2D eigenvalue weighted by Gasteiger charge is 2.20. The van der Waals surface area contributed by atoms with E-state index in [4.69, 9.17) is 38.4 Å². The molecule has 4 aromatic rings. The SMILES string of the molecule is CCCCCCCCOc1ccc(C=Nc2ccc(-c3ccc(N=Cc4ccc(OCCCCCCCC)c(OCCCCCCCC)c4OCCCCCCCC)cc3)cc2)c(OCCCCCCCC)c1OCCCCCCCC. The lowest BCUT2D eigenvalue weighted by Crippen LogP contribution is -2.08. The van der Waals surface area contributed by atoms with E-state index in [2.05, 4.69) is 114 Å². The van der Waals surface area contributed by atoms with Crippen LogP contribution >= 0.6 is 0 Å². The summed E-state index contributed by atoms with van der Waals surface area (Å²) >= 11 is 0. The molecule has 0 heterocycles. The van der Waals surface area contributed by atoms with Gasteiger partial charge in [-0.15, -0.1) is 0 Å². The highest BCUT2D eigenvalue weighted by Crippen LogP contribution is 2.42. The van der Waals surface area contributed by atoms with Crippen LogP contribution in [0.25, 0.3) is 11.1 Å². The quantitative estimate of drug-likeness (QED) is 0.0324. The zero-order valence-corrected chi connectivity index (χ0v) is 53.1. The van der Waals surface area contributed by atoms with E-state index in [0.29, 0.717) is 51.1 Å². The highest BCUT2D eigenvalue weighted by atomic mass is 16.5. The largest absolute Gasteiger partial charge is 0.490 e. The Morgan fingerprint density at radius 3 is 0.744 bits per heavy atom. The van der Waals surface area contributed by atoms with E-state index >= 15 is 0 Å². The molecule has 0 spiro atoms. The molecule has 0 radical (unpaired) electrons. The number of aliphatic imine (C=N–C) groups is 2. The Kier molecular flexibility index (Phi) is 40.2. The van der Waals surface area contributed by atoms with Gasteiger partial charge < -0.3 is 28.4 Å². The molecule has 0 amide bonds. The molecule has 0 aromatic heterocycles. The van der Waals surface area contributed by atoms with E-state index < -0.39 is 0 Å². The Balaban J connectivity index is 1.54. The van der Waals surface area contributed by atoms with Gasteiger partial charge in [0.2, 0.25) is 11.5 Å². The molecule has 0 fully saturated rings. The lowest BCUT2D eigenvalue weighted by Gasteiger charge is -2.19. The monoisotopic (exact) mass is 1130 g/mol. The summed E-state index contributed by atoms with van der Waals surface area (Å²) in [5.74, 6) is 4.45. The molecule has 8 nitrogen and oxygen atoms in total. The molecule has 0 N–H and O–H groups in total. The second kappa shape index (κ2) is 47.4. The van der Waals surface area contributed by atoms with E-state index in [0.717, 1.165) is 121 Å². The number of rotatable bonds is 53. The van der Waals surface area contributed by atoms with Crippen LogP contribution in [0.2, 0.25) is 0 Å². The topological polar surface area (TPSA) is 80.1 Å². The molecule has 0 unspecified atom stereocenters. The normalized spacial score (nSPS) is 11.5. The van der Waals surface area contributed by atoms with Gasteiger partial charge in [-0.3, -0.25) is 9.98 Å². The van der Waals surface area contributed by atoms with E-state index in [1.807, 2.05) is 12.4 Å². The number of unbranched alkanes of at least 4 members (excludes halogenated alkanes) is 30. The van der Waals surface area contributed by atoms with Crippen molar-refractivity contribution in [2.24, 2.45) is 9.98 Å². The lowest BCUT2D eigenvalue weighted by atomic mass is 10.1. The maximum absolute atomic E-state index is 6.70. The number of hydrogen-bond acceptors (Lipinski definition) is 8. The Labute approximate surface area is 501 Å². The zero-order chi connectivity index (χ0) is 58.2. The first-order valence-corrected chi connectivity index (χ1v) is 34.0.